The van der Waals surface area contributed by atoms with E-state index in [-0.39, 0.29) is 5.54 Å². The molecule has 5 heteroatoms. The van der Waals surface area contributed by atoms with Crippen molar-refractivity contribution < 1.29 is 8.42 Å². The normalized spacial score (nSPS) is 22.0. The van der Waals surface area contributed by atoms with Crippen molar-refractivity contribution in [2.45, 2.75) is 43.0 Å². The smallest absolute Gasteiger partial charge is 0.243 e. The van der Waals surface area contributed by atoms with Crippen molar-refractivity contribution >= 4 is 10.0 Å². The average Bonchev–Trinajstić information content (AvgIpc) is 2.81. The van der Waals surface area contributed by atoms with Crippen LogP contribution >= 0.6 is 0 Å². The van der Waals surface area contributed by atoms with Crippen LogP contribution in [0.2, 0.25) is 0 Å². The summed E-state index contributed by atoms with van der Waals surface area (Å²) in [5.41, 5.74) is 8.21. The number of sulfonamides is 1. The van der Waals surface area contributed by atoms with Crippen LogP contribution in [0.5, 0.6) is 0 Å². The van der Waals surface area contributed by atoms with Gasteiger partial charge in [-0.15, -0.1) is 0 Å². The Morgan fingerprint density at radius 3 is 2.63 bits per heavy atom. The van der Waals surface area contributed by atoms with Gasteiger partial charge in [-0.3, -0.25) is 0 Å². The van der Waals surface area contributed by atoms with Crippen LogP contribution in [0.15, 0.2) is 23.1 Å². The van der Waals surface area contributed by atoms with E-state index >= 15 is 0 Å². The number of benzene rings is 1. The summed E-state index contributed by atoms with van der Waals surface area (Å²) in [7, 11) is -3.35. The van der Waals surface area contributed by atoms with Crippen molar-refractivity contribution in [2.24, 2.45) is 5.73 Å². The van der Waals surface area contributed by atoms with E-state index in [1.54, 1.807) is 6.07 Å². The van der Waals surface area contributed by atoms with E-state index in [4.69, 9.17) is 5.73 Å². The van der Waals surface area contributed by atoms with Gasteiger partial charge in [0.15, 0.2) is 0 Å². The Hall–Kier alpha value is -0.910. The molecular formula is C14H20N2O2S. The van der Waals surface area contributed by atoms with Crippen LogP contribution in [-0.4, -0.2) is 31.4 Å². The maximum Gasteiger partial charge on any atom is 0.243 e. The third kappa shape index (κ3) is 2.10. The van der Waals surface area contributed by atoms with Gasteiger partial charge in [-0.25, -0.2) is 8.42 Å². The Labute approximate surface area is 114 Å². The van der Waals surface area contributed by atoms with Crippen LogP contribution in [0, 0.1) is 0 Å². The molecule has 0 amide bonds. The zero-order chi connectivity index (χ0) is 13.7. The molecule has 1 aliphatic heterocycles. The first-order valence-electron chi connectivity index (χ1n) is 6.85. The topological polar surface area (TPSA) is 63.4 Å². The Morgan fingerprint density at radius 1 is 1.26 bits per heavy atom. The van der Waals surface area contributed by atoms with Crippen LogP contribution in [-0.2, 0) is 22.9 Å². The standard InChI is InChI=1S/C14H20N2O2S/c1-2-14(15)9-16(10-14)19(17,18)13-7-6-11-4-3-5-12(11)8-13/h6-8H,2-5,9-10,15H2,1H3. The SMILES string of the molecule is CCC1(N)CN(S(=O)(=O)c2ccc3c(c2)CCC3)C1. The highest BCUT2D eigenvalue weighted by Gasteiger charge is 2.44. The van der Waals surface area contributed by atoms with Crippen LogP contribution in [0.1, 0.15) is 30.9 Å². The van der Waals surface area contributed by atoms with Crippen molar-refractivity contribution in [3.05, 3.63) is 29.3 Å². The zero-order valence-electron chi connectivity index (χ0n) is 11.2. The minimum atomic E-state index is -3.35. The van der Waals surface area contributed by atoms with Crippen LogP contribution in [0.25, 0.3) is 0 Å². The lowest BCUT2D eigenvalue weighted by atomic mass is 9.91. The minimum absolute atomic E-state index is 0.330. The average molecular weight is 280 g/mol. The van der Waals surface area contributed by atoms with Gasteiger partial charge in [0, 0.05) is 18.6 Å². The number of nitrogens with zero attached hydrogens (tertiary/aromatic N) is 1. The Kier molecular flexibility index (Phi) is 2.96. The van der Waals surface area contributed by atoms with E-state index in [1.165, 1.54) is 15.4 Å². The molecule has 2 N–H and O–H groups in total. The minimum Gasteiger partial charge on any atom is -0.323 e. The predicted molar refractivity (Wildman–Crippen MR) is 74.4 cm³/mol. The monoisotopic (exact) mass is 280 g/mol. The summed E-state index contributed by atoms with van der Waals surface area (Å²) in [6, 6.07) is 5.55. The second-order valence-electron chi connectivity index (χ2n) is 5.77. The Bertz CT molecular complexity index is 604. The van der Waals surface area contributed by atoms with Gasteiger partial charge in [0.25, 0.3) is 0 Å². The van der Waals surface area contributed by atoms with Gasteiger partial charge in [-0.1, -0.05) is 13.0 Å². The molecule has 1 fully saturated rings. The molecule has 0 bridgehead atoms. The summed E-state index contributed by atoms with van der Waals surface area (Å²) < 4.78 is 26.5. The maximum atomic E-state index is 12.5. The summed E-state index contributed by atoms with van der Waals surface area (Å²) in [4.78, 5) is 0.423. The van der Waals surface area contributed by atoms with Gasteiger partial charge in [0.2, 0.25) is 10.0 Å². The summed E-state index contributed by atoms with van der Waals surface area (Å²) in [5.74, 6) is 0. The van der Waals surface area contributed by atoms with Gasteiger partial charge in [0.05, 0.1) is 4.90 Å². The van der Waals surface area contributed by atoms with Crippen molar-refractivity contribution in [3.8, 4) is 0 Å². The third-order valence-electron chi connectivity index (χ3n) is 4.39. The van der Waals surface area contributed by atoms with E-state index in [0.29, 0.717) is 18.0 Å². The second kappa shape index (κ2) is 4.30. The largest absolute Gasteiger partial charge is 0.323 e. The fraction of sp³-hybridized carbons (Fsp3) is 0.571. The molecule has 1 heterocycles. The van der Waals surface area contributed by atoms with E-state index < -0.39 is 10.0 Å². The van der Waals surface area contributed by atoms with Gasteiger partial charge in [-0.2, -0.15) is 4.31 Å². The second-order valence-corrected chi connectivity index (χ2v) is 7.71. The van der Waals surface area contributed by atoms with Crippen molar-refractivity contribution in [1.82, 2.24) is 4.31 Å². The molecule has 1 aliphatic carbocycles. The van der Waals surface area contributed by atoms with Gasteiger partial charge >= 0.3 is 0 Å². The molecule has 0 unspecified atom stereocenters. The third-order valence-corrected chi connectivity index (χ3v) is 6.18. The first-order valence-corrected chi connectivity index (χ1v) is 8.29. The number of aryl methyl sites for hydroxylation is 2. The quantitative estimate of drug-likeness (QED) is 0.907. The molecule has 1 aromatic rings. The van der Waals surface area contributed by atoms with Crippen molar-refractivity contribution in [2.75, 3.05) is 13.1 Å². The molecule has 104 valence electrons. The fourth-order valence-electron chi connectivity index (χ4n) is 2.91. The Morgan fingerprint density at radius 2 is 1.95 bits per heavy atom. The lowest BCUT2D eigenvalue weighted by molar-refractivity contribution is 0.153. The molecule has 4 nitrogen and oxygen atoms in total. The summed E-state index contributed by atoms with van der Waals surface area (Å²) in [5, 5.41) is 0. The Balaban J connectivity index is 1.86. The lowest BCUT2D eigenvalue weighted by Crippen LogP contribution is -2.68. The molecule has 0 aromatic heterocycles. The van der Waals surface area contributed by atoms with Gasteiger partial charge in [-0.05, 0) is 48.9 Å². The van der Waals surface area contributed by atoms with E-state index in [0.717, 1.165) is 25.7 Å². The molecule has 0 radical (unpaired) electrons. The fourth-order valence-corrected chi connectivity index (χ4v) is 4.59. The number of fused-ring (bicyclic) bond motifs is 1. The maximum absolute atomic E-state index is 12.5. The highest BCUT2D eigenvalue weighted by Crippen LogP contribution is 2.31. The number of nitrogens with two attached hydrogens (primary N) is 1. The van der Waals surface area contributed by atoms with Gasteiger partial charge in [0.1, 0.15) is 0 Å². The molecule has 1 aromatic carbocycles. The molecular weight excluding hydrogens is 260 g/mol. The number of hydrogen-bond acceptors (Lipinski definition) is 3. The first-order chi connectivity index (χ1) is 8.94. The summed E-state index contributed by atoms with van der Waals surface area (Å²) in [6.07, 6.45) is 4.00. The molecule has 1 saturated heterocycles. The summed E-state index contributed by atoms with van der Waals surface area (Å²) >= 11 is 0. The molecule has 3 rings (SSSR count). The van der Waals surface area contributed by atoms with Crippen LogP contribution in [0.4, 0.5) is 0 Å². The van der Waals surface area contributed by atoms with Crippen LogP contribution < -0.4 is 5.73 Å². The molecule has 0 spiro atoms. The number of rotatable bonds is 3. The van der Waals surface area contributed by atoms with E-state index in [1.807, 2.05) is 19.1 Å². The van der Waals surface area contributed by atoms with E-state index in [9.17, 15) is 8.42 Å². The molecule has 0 saturated carbocycles. The molecule has 0 atom stereocenters. The molecule has 19 heavy (non-hydrogen) atoms. The van der Waals surface area contributed by atoms with E-state index in [2.05, 4.69) is 0 Å². The lowest BCUT2D eigenvalue weighted by Gasteiger charge is -2.46. The van der Waals surface area contributed by atoms with Crippen molar-refractivity contribution in [1.29, 1.82) is 0 Å². The van der Waals surface area contributed by atoms with Gasteiger partial charge < -0.3 is 5.73 Å². The highest BCUT2D eigenvalue weighted by atomic mass is 32.2. The first kappa shape index (κ1) is 13.1. The zero-order valence-corrected chi connectivity index (χ0v) is 12.0. The predicted octanol–water partition coefficient (Wildman–Crippen LogP) is 1.29. The van der Waals surface area contributed by atoms with Crippen molar-refractivity contribution in [3.63, 3.8) is 0 Å². The molecule has 2 aliphatic rings. The van der Waals surface area contributed by atoms with Crippen LogP contribution in [0.3, 0.4) is 0 Å². The highest BCUT2D eigenvalue weighted by molar-refractivity contribution is 7.89. The number of hydrogen-bond donors (Lipinski definition) is 1. The summed E-state index contributed by atoms with van der Waals surface area (Å²) in [6.45, 7) is 2.87.